The average Bonchev–Trinajstić information content (AvgIpc) is 2.28. The lowest BCUT2D eigenvalue weighted by Gasteiger charge is -2.24. The van der Waals surface area contributed by atoms with Crippen LogP contribution in [0, 0.1) is 0 Å². The van der Waals surface area contributed by atoms with Gasteiger partial charge in [-0.05, 0) is 33.1 Å². The number of hydrogen-bond donors (Lipinski definition) is 1. The molecule has 0 aliphatic carbocycles. The summed E-state index contributed by atoms with van der Waals surface area (Å²) in [6.45, 7) is 9.19. The van der Waals surface area contributed by atoms with Crippen LogP contribution in [0.15, 0.2) is 11.6 Å². The van der Waals surface area contributed by atoms with Gasteiger partial charge in [-0.15, -0.1) is 0 Å². The number of hydrogen-bond acceptors (Lipinski definition) is 2. The molecule has 0 saturated heterocycles. The molecule has 0 bridgehead atoms. The van der Waals surface area contributed by atoms with E-state index in [0.717, 1.165) is 6.42 Å². The Kier molecular flexibility index (Phi) is 5.04. The van der Waals surface area contributed by atoms with Crippen molar-refractivity contribution >= 4 is 12.6 Å². The minimum Gasteiger partial charge on any atom is -0.300 e. The highest BCUT2D eigenvalue weighted by atomic mass is 32.1. The van der Waals surface area contributed by atoms with Crippen molar-refractivity contribution in [3.8, 4) is 0 Å². The smallest absolute Gasteiger partial charge is 0.00388 e. The van der Waals surface area contributed by atoms with Crippen LogP contribution in [0.25, 0.3) is 0 Å². The van der Waals surface area contributed by atoms with E-state index in [-0.39, 0.29) is 0 Å². The van der Waals surface area contributed by atoms with Crippen molar-refractivity contribution in [2.45, 2.75) is 51.3 Å². The lowest BCUT2D eigenvalue weighted by Crippen LogP contribution is -2.31. The third kappa shape index (κ3) is 4.05. The molecule has 1 aliphatic rings. The maximum absolute atomic E-state index is 4.45. The predicted molar refractivity (Wildman–Crippen MR) is 67.1 cm³/mol. The van der Waals surface area contributed by atoms with Crippen LogP contribution in [0.1, 0.15) is 40.0 Å². The Labute approximate surface area is 94.0 Å². The first kappa shape index (κ1) is 12.1. The lowest BCUT2D eigenvalue weighted by atomic mass is 10.1. The van der Waals surface area contributed by atoms with E-state index in [1.165, 1.54) is 25.9 Å². The summed E-state index contributed by atoms with van der Waals surface area (Å²) < 4.78 is 0. The van der Waals surface area contributed by atoms with Gasteiger partial charge in [0.05, 0.1) is 0 Å². The van der Waals surface area contributed by atoms with Gasteiger partial charge in [0, 0.05) is 24.4 Å². The summed E-state index contributed by atoms with van der Waals surface area (Å²) in [4.78, 5) is 2.56. The second-order valence-electron chi connectivity index (χ2n) is 4.58. The molecule has 0 aromatic rings. The number of rotatable bonds is 3. The Balaban J connectivity index is 2.41. The Morgan fingerprint density at radius 1 is 1.36 bits per heavy atom. The predicted octanol–water partition coefficient (Wildman–Crippen LogP) is 3.13. The maximum Gasteiger partial charge on any atom is 0.00388 e. The van der Waals surface area contributed by atoms with E-state index >= 15 is 0 Å². The summed E-state index contributed by atoms with van der Waals surface area (Å²) in [7, 11) is 0. The maximum atomic E-state index is 4.45. The van der Waals surface area contributed by atoms with E-state index in [2.05, 4.69) is 44.4 Å². The molecule has 0 N–H and O–H groups in total. The van der Waals surface area contributed by atoms with Crippen LogP contribution >= 0.6 is 12.6 Å². The normalized spacial score (nSPS) is 21.9. The van der Waals surface area contributed by atoms with Gasteiger partial charge in [0.25, 0.3) is 0 Å². The molecule has 0 spiro atoms. The first-order chi connectivity index (χ1) is 6.59. The van der Waals surface area contributed by atoms with E-state index in [0.29, 0.717) is 11.3 Å². The Morgan fingerprint density at radius 2 is 2.07 bits per heavy atom. The zero-order valence-electron chi connectivity index (χ0n) is 9.66. The molecule has 0 unspecified atom stereocenters. The van der Waals surface area contributed by atoms with Crippen molar-refractivity contribution in [1.82, 2.24) is 4.90 Å². The van der Waals surface area contributed by atoms with Crippen molar-refractivity contribution in [1.29, 1.82) is 0 Å². The van der Waals surface area contributed by atoms with Gasteiger partial charge in [-0.3, -0.25) is 0 Å². The largest absolute Gasteiger partial charge is 0.300 e. The lowest BCUT2D eigenvalue weighted by molar-refractivity contribution is 0.233. The molecule has 1 aliphatic heterocycles. The first-order valence-corrected chi connectivity index (χ1v) is 6.21. The van der Waals surface area contributed by atoms with Crippen molar-refractivity contribution in [2.24, 2.45) is 0 Å². The molecule has 0 aromatic carbocycles. The van der Waals surface area contributed by atoms with Gasteiger partial charge in [-0.25, -0.2) is 0 Å². The molecule has 0 radical (unpaired) electrons. The van der Waals surface area contributed by atoms with Crippen molar-refractivity contribution in [3.05, 3.63) is 11.6 Å². The molecule has 82 valence electrons. The molecule has 0 amide bonds. The summed E-state index contributed by atoms with van der Waals surface area (Å²) in [6, 6.07) is 0.691. The van der Waals surface area contributed by atoms with E-state index in [1.807, 2.05) is 0 Å². The van der Waals surface area contributed by atoms with E-state index in [4.69, 9.17) is 0 Å². The number of thiol groups is 1. The molecular formula is C12H23NS. The van der Waals surface area contributed by atoms with Gasteiger partial charge in [-0.2, -0.15) is 12.6 Å². The van der Waals surface area contributed by atoms with Crippen LogP contribution in [0.2, 0.25) is 0 Å². The zero-order valence-corrected chi connectivity index (χ0v) is 10.6. The van der Waals surface area contributed by atoms with Crippen LogP contribution < -0.4 is 0 Å². The highest BCUT2D eigenvalue weighted by Crippen LogP contribution is 2.19. The van der Waals surface area contributed by atoms with Crippen LogP contribution in [0.3, 0.4) is 0 Å². The quantitative estimate of drug-likeness (QED) is 0.557. The first-order valence-electron chi connectivity index (χ1n) is 5.69. The van der Waals surface area contributed by atoms with Crippen LogP contribution in [-0.4, -0.2) is 29.3 Å². The number of nitrogens with zero attached hydrogens (tertiary/aromatic N) is 1. The van der Waals surface area contributed by atoms with Crippen LogP contribution in [0.4, 0.5) is 0 Å². The van der Waals surface area contributed by atoms with E-state index in [1.54, 1.807) is 5.57 Å². The van der Waals surface area contributed by atoms with Gasteiger partial charge in [-0.1, -0.05) is 18.6 Å². The summed E-state index contributed by atoms with van der Waals surface area (Å²) in [5, 5.41) is 0.506. The third-order valence-corrected chi connectivity index (χ3v) is 3.04. The SMILES string of the molecule is CC(C)N1CCC=C(C[C@H](C)S)CC1. The molecule has 1 rings (SSSR count). The molecule has 1 nitrogen and oxygen atoms in total. The van der Waals surface area contributed by atoms with Crippen molar-refractivity contribution in [2.75, 3.05) is 13.1 Å². The minimum absolute atomic E-state index is 0.506. The standard InChI is InChI=1S/C12H23NS/c1-10(2)13-7-4-5-12(6-8-13)9-11(3)14/h5,10-11,14H,4,6-9H2,1-3H3/t11-/m0/s1. The molecular weight excluding hydrogens is 190 g/mol. The van der Waals surface area contributed by atoms with Crippen molar-refractivity contribution in [3.63, 3.8) is 0 Å². The van der Waals surface area contributed by atoms with Gasteiger partial charge >= 0.3 is 0 Å². The summed E-state index contributed by atoms with van der Waals surface area (Å²) in [5.74, 6) is 0. The third-order valence-electron chi connectivity index (χ3n) is 2.86. The molecule has 0 aromatic heterocycles. The van der Waals surface area contributed by atoms with Crippen LogP contribution in [0.5, 0.6) is 0 Å². The molecule has 0 fully saturated rings. The molecule has 1 atom stereocenters. The van der Waals surface area contributed by atoms with Gasteiger partial charge in [0.2, 0.25) is 0 Å². The molecule has 1 heterocycles. The van der Waals surface area contributed by atoms with Gasteiger partial charge in [0.15, 0.2) is 0 Å². The van der Waals surface area contributed by atoms with Crippen molar-refractivity contribution < 1.29 is 0 Å². The van der Waals surface area contributed by atoms with Gasteiger partial charge < -0.3 is 4.90 Å². The fraction of sp³-hybridized carbons (Fsp3) is 0.833. The monoisotopic (exact) mass is 213 g/mol. The fourth-order valence-corrected chi connectivity index (χ4v) is 2.25. The summed E-state index contributed by atoms with van der Waals surface area (Å²) >= 11 is 4.45. The Morgan fingerprint density at radius 3 is 2.64 bits per heavy atom. The zero-order chi connectivity index (χ0) is 10.6. The molecule has 0 saturated carbocycles. The van der Waals surface area contributed by atoms with Crippen LogP contribution in [-0.2, 0) is 0 Å². The van der Waals surface area contributed by atoms with E-state index in [9.17, 15) is 0 Å². The fourth-order valence-electron chi connectivity index (χ4n) is 2.02. The topological polar surface area (TPSA) is 3.24 Å². The Bertz CT molecular complexity index is 196. The second kappa shape index (κ2) is 5.82. The Hall–Kier alpha value is 0.0500. The summed E-state index contributed by atoms with van der Waals surface area (Å²) in [5.41, 5.74) is 1.61. The van der Waals surface area contributed by atoms with Gasteiger partial charge in [0.1, 0.15) is 0 Å². The second-order valence-corrected chi connectivity index (χ2v) is 5.47. The summed E-state index contributed by atoms with van der Waals surface area (Å²) in [6.07, 6.45) is 6.04. The average molecular weight is 213 g/mol. The highest BCUT2D eigenvalue weighted by molar-refractivity contribution is 7.80. The highest BCUT2D eigenvalue weighted by Gasteiger charge is 2.13. The molecule has 14 heavy (non-hydrogen) atoms. The minimum atomic E-state index is 0.506. The molecule has 2 heteroatoms. The van der Waals surface area contributed by atoms with E-state index < -0.39 is 0 Å².